The topological polar surface area (TPSA) is 46.6 Å². The first-order valence-electron chi connectivity index (χ1n) is 9.84. The Balaban J connectivity index is 1.88. The lowest BCUT2D eigenvalue weighted by molar-refractivity contribution is -0.143. The molecule has 0 bridgehead atoms. The van der Waals surface area contributed by atoms with Gasteiger partial charge in [0.25, 0.3) is 0 Å². The maximum absolute atomic E-state index is 13.6. The number of methoxy groups -OCH3 is 1. The van der Waals surface area contributed by atoms with E-state index >= 15 is 0 Å². The number of hydrogen-bond acceptors (Lipinski definition) is 4. The Kier molecular flexibility index (Phi) is 6.19. The molecule has 1 aliphatic rings. The molecule has 1 aromatic heterocycles. The van der Waals surface area contributed by atoms with E-state index in [1.807, 2.05) is 0 Å². The predicted octanol–water partition coefficient (Wildman–Crippen LogP) is 6.13. The fourth-order valence-corrected chi connectivity index (χ4v) is 6.47. The average Bonchev–Trinajstić information content (AvgIpc) is 3.26. The van der Waals surface area contributed by atoms with Crippen molar-refractivity contribution in [2.75, 3.05) is 13.7 Å². The van der Waals surface area contributed by atoms with Gasteiger partial charge in [0.1, 0.15) is 5.75 Å². The van der Waals surface area contributed by atoms with Crippen LogP contribution >= 0.6 is 11.3 Å². The Morgan fingerprint density at radius 2 is 1.53 bits per heavy atom. The smallest absolute Gasteiger partial charge is 0.416 e. The van der Waals surface area contributed by atoms with E-state index in [0.29, 0.717) is 16.9 Å². The molecule has 0 N–H and O–H groups in total. The zero-order chi connectivity index (χ0) is 24.9. The molecule has 1 atom stereocenters. The highest BCUT2D eigenvalue weighted by Gasteiger charge is 2.42. The number of benzene rings is 2. The lowest BCUT2D eigenvalue weighted by Crippen LogP contribution is -2.40. The zero-order valence-corrected chi connectivity index (χ0v) is 19.1. The second kappa shape index (κ2) is 8.58. The molecule has 0 amide bonds. The van der Waals surface area contributed by atoms with Crippen molar-refractivity contribution in [3.8, 4) is 5.75 Å². The molecule has 0 saturated heterocycles. The van der Waals surface area contributed by atoms with Crippen molar-refractivity contribution in [2.45, 2.75) is 29.7 Å². The largest absolute Gasteiger partial charge is 0.497 e. The third-order valence-corrected chi connectivity index (χ3v) is 8.36. The van der Waals surface area contributed by atoms with Crippen LogP contribution in [0.5, 0.6) is 5.75 Å². The van der Waals surface area contributed by atoms with Crippen LogP contribution in [0.4, 0.5) is 26.3 Å². The van der Waals surface area contributed by atoms with Crippen molar-refractivity contribution in [1.29, 1.82) is 0 Å². The monoisotopic (exact) mass is 521 g/mol. The fraction of sp³-hybridized carbons (Fsp3) is 0.273. The van der Waals surface area contributed by atoms with E-state index in [-0.39, 0.29) is 31.2 Å². The summed E-state index contributed by atoms with van der Waals surface area (Å²) in [6.07, 6.45) is -10.0. The molecule has 1 aliphatic heterocycles. The van der Waals surface area contributed by atoms with E-state index in [0.717, 1.165) is 9.18 Å². The van der Waals surface area contributed by atoms with E-state index < -0.39 is 44.4 Å². The van der Waals surface area contributed by atoms with Crippen LogP contribution in [0.2, 0.25) is 0 Å². The van der Waals surface area contributed by atoms with Crippen LogP contribution in [0.15, 0.2) is 58.8 Å². The van der Waals surface area contributed by atoms with Gasteiger partial charge < -0.3 is 4.74 Å². The van der Waals surface area contributed by atoms with Crippen LogP contribution in [0.25, 0.3) is 0 Å². The summed E-state index contributed by atoms with van der Waals surface area (Å²) in [6, 6.07) is 7.64. The maximum atomic E-state index is 13.6. The molecule has 4 rings (SSSR count). The summed E-state index contributed by atoms with van der Waals surface area (Å²) in [7, 11) is -3.30. The Labute approximate surface area is 195 Å². The highest BCUT2D eigenvalue weighted by molar-refractivity contribution is 7.89. The molecule has 0 aliphatic carbocycles. The van der Waals surface area contributed by atoms with E-state index in [4.69, 9.17) is 4.74 Å². The SMILES string of the molecule is COc1ccc([C@@H]2c3ccsc3CCN2S(=O)(=O)c2cc(C(F)(F)F)cc(C(F)(F)F)c2)cc1. The summed E-state index contributed by atoms with van der Waals surface area (Å²) in [6.45, 7) is -0.107. The van der Waals surface area contributed by atoms with Gasteiger partial charge in [0.15, 0.2) is 0 Å². The predicted molar refractivity (Wildman–Crippen MR) is 113 cm³/mol. The number of ether oxygens (including phenoxy) is 1. The van der Waals surface area contributed by atoms with E-state index in [9.17, 15) is 34.8 Å². The van der Waals surface area contributed by atoms with Gasteiger partial charge in [0.05, 0.1) is 29.2 Å². The number of thiophene rings is 1. The molecule has 0 spiro atoms. The van der Waals surface area contributed by atoms with Crippen LogP contribution in [-0.2, 0) is 28.8 Å². The van der Waals surface area contributed by atoms with Gasteiger partial charge in [-0.3, -0.25) is 0 Å². The first-order chi connectivity index (χ1) is 15.8. The molecule has 2 heterocycles. The van der Waals surface area contributed by atoms with Crippen LogP contribution in [0, 0.1) is 0 Å². The Bertz CT molecular complexity index is 1270. The van der Waals surface area contributed by atoms with Gasteiger partial charge in [-0.05, 0) is 59.3 Å². The minimum Gasteiger partial charge on any atom is -0.497 e. The quantitative estimate of drug-likeness (QED) is 0.388. The Morgan fingerprint density at radius 1 is 0.941 bits per heavy atom. The molecule has 0 saturated carbocycles. The van der Waals surface area contributed by atoms with Crippen molar-refractivity contribution in [2.24, 2.45) is 0 Å². The second-order valence-corrected chi connectivity index (χ2v) is 10.5. The zero-order valence-electron chi connectivity index (χ0n) is 17.4. The minimum atomic E-state index is -5.16. The van der Waals surface area contributed by atoms with Crippen LogP contribution in [-0.4, -0.2) is 26.4 Å². The molecular formula is C22H17F6NO3S2. The number of sulfonamides is 1. The van der Waals surface area contributed by atoms with Gasteiger partial charge >= 0.3 is 12.4 Å². The Morgan fingerprint density at radius 3 is 2.06 bits per heavy atom. The van der Waals surface area contributed by atoms with Gasteiger partial charge in [-0.2, -0.15) is 30.6 Å². The normalized spacial score (nSPS) is 17.4. The highest BCUT2D eigenvalue weighted by Crippen LogP contribution is 2.43. The van der Waals surface area contributed by atoms with E-state index in [1.54, 1.807) is 35.7 Å². The van der Waals surface area contributed by atoms with Crippen molar-refractivity contribution in [3.63, 3.8) is 0 Å². The molecular weight excluding hydrogens is 504 g/mol. The molecule has 34 heavy (non-hydrogen) atoms. The standard InChI is InChI=1S/C22H17F6NO3S2/c1-32-16-4-2-13(3-5-16)20-18-7-9-33-19(18)6-8-29(20)34(30,31)17-11-14(21(23,24)25)10-15(12-17)22(26,27)28/h2-5,7,9-12,20H,6,8H2,1H3/t20-/m1/s1. The number of rotatable bonds is 4. The van der Waals surface area contributed by atoms with Gasteiger partial charge in [0, 0.05) is 11.4 Å². The fourth-order valence-electron chi connectivity index (χ4n) is 3.89. The minimum absolute atomic E-state index is 0.0901. The van der Waals surface area contributed by atoms with Crippen molar-refractivity contribution < 1.29 is 39.5 Å². The number of halogens is 6. The number of hydrogen-bond donors (Lipinski definition) is 0. The molecule has 12 heteroatoms. The molecule has 4 nitrogen and oxygen atoms in total. The Hall–Kier alpha value is -2.57. The summed E-state index contributed by atoms with van der Waals surface area (Å²) in [5.41, 5.74) is -2.23. The van der Waals surface area contributed by atoms with Crippen LogP contribution in [0.3, 0.4) is 0 Å². The van der Waals surface area contributed by atoms with Crippen molar-refractivity contribution in [1.82, 2.24) is 4.31 Å². The molecule has 182 valence electrons. The van der Waals surface area contributed by atoms with Crippen LogP contribution in [0.1, 0.15) is 33.2 Å². The molecule has 2 aromatic carbocycles. The summed E-state index contributed by atoms with van der Waals surface area (Å²) >= 11 is 1.41. The average molecular weight is 522 g/mol. The second-order valence-electron chi connectivity index (χ2n) is 7.58. The van der Waals surface area contributed by atoms with Gasteiger partial charge in [0.2, 0.25) is 10.0 Å². The molecule has 0 radical (unpaired) electrons. The first kappa shape index (κ1) is 24.6. The molecule has 0 fully saturated rings. The van der Waals surface area contributed by atoms with Crippen molar-refractivity contribution in [3.05, 3.63) is 81.0 Å². The summed E-state index contributed by atoms with van der Waals surface area (Å²) in [5.74, 6) is 0.507. The van der Waals surface area contributed by atoms with E-state index in [1.165, 1.54) is 18.4 Å². The van der Waals surface area contributed by atoms with Crippen LogP contribution < -0.4 is 4.74 Å². The molecule has 3 aromatic rings. The summed E-state index contributed by atoms with van der Waals surface area (Å²) in [4.78, 5) is -0.167. The lowest BCUT2D eigenvalue weighted by atomic mass is 9.95. The van der Waals surface area contributed by atoms with Gasteiger partial charge in [-0.1, -0.05) is 12.1 Å². The lowest BCUT2D eigenvalue weighted by Gasteiger charge is -2.35. The number of nitrogens with zero attached hydrogens (tertiary/aromatic N) is 1. The van der Waals surface area contributed by atoms with E-state index in [2.05, 4.69) is 0 Å². The summed E-state index contributed by atoms with van der Waals surface area (Å²) in [5, 5.41) is 1.77. The maximum Gasteiger partial charge on any atom is 0.416 e. The van der Waals surface area contributed by atoms with Crippen molar-refractivity contribution >= 4 is 21.4 Å². The summed E-state index contributed by atoms with van der Waals surface area (Å²) < 4.78 is 113. The molecule has 0 unspecified atom stereocenters. The highest BCUT2D eigenvalue weighted by atomic mass is 32.2. The number of alkyl halides is 6. The third kappa shape index (κ3) is 4.53. The first-order valence-corrected chi connectivity index (χ1v) is 12.2. The van der Waals surface area contributed by atoms with Gasteiger partial charge in [-0.15, -0.1) is 11.3 Å². The van der Waals surface area contributed by atoms with Gasteiger partial charge in [-0.25, -0.2) is 8.42 Å². The third-order valence-electron chi connectivity index (χ3n) is 5.52. The number of fused-ring (bicyclic) bond motifs is 1.